The summed E-state index contributed by atoms with van der Waals surface area (Å²) in [5.74, 6) is -1.14. The van der Waals surface area contributed by atoms with Crippen LogP contribution < -0.4 is 10.0 Å². The Labute approximate surface area is 178 Å². The minimum Gasteiger partial charge on any atom is -0.618 e. The molecule has 2 heterocycles. The molecule has 9 heteroatoms. The molecule has 3 aromatic rings. The van der Waals surface area contributed by atoms with Gasteiger partial charge in [0.1, 0.15) is 9.84 Å². The first-order valence-electron chi connectivity index (χ1n) is 9.40. The third kappa shape index (κ3) is 3.93. The second kappa shape index (κ2) is 7.77. The highest BCUT2D eigenvalue weighted by Crippen LogP contribution is 2.39. The minimum absolute atomic E-state index is 0.0509. The largest absolute Gasteiger partial charge is 0.618 e. The maximum atomic E-state index is 12.7. The predicted octanol–water partition coefficient (Wildman–Crippen LogP) is 3.86. The molecule has 0 amide bonds. The molecule has 0 saturated carbocycles. The number of nitrogens with zero attached hydrogens (tertiary/aromatic N) is 1. The first-order valence-corrected chi connectivity index (χ1v) is 11.6. The SMILES string of the molecule is O=C(O)c1ccccc1Nc1c(C2CCS(=O)(=O)CC2)c[n+]([O-])c2ccc(Cl)cc12. The van der Waals surface area contributed by atoms with Crippen LogP contribution in [0.4, 0.5) is 11.4 Å². The molecule has 4 rings (SSSR count). The quantitative estimate of drug-likeness (QED) is 0.465. The van der Waals surface area contributed by atoms with E-state index < -0.39 is 15.8 Å². The molecule has 1 saturated heterocycles. The number of carboxylic acid groups (broad SMARTS) is 1. The molecule has 1 fully saturated rings. The van der Waals surface area contributed by atoms with E-state index >= 15 is 0 Å². The van der Waals surface area contributed by atoms with Crippen molar-refractivity contribution in [3.8, 4) is 0 Å². The van der Waals surface area contributed by atoms with Crippen LogP contribution in [0, 0.1) is 5.21 Å². The Morgan fingerprint density at radius 2 is 1.87 bits per heavy atom. The van der Waals surface area contributed by atoms with Gasteiger partial charge < -0.3 is 15.6 Å². The fourth-order valence-electron chi connectivity index (χ4n) is 3.88. The topological polar surface area (TPSA) is 110 Å². The number of aromatic nitrogens is 1. The summed E-state index contributed by atoms with van der Waals surface area (Å²) in [6, 6.07) is 11.4. The van der Waals surface area contributed by atoms with Crippen molar-refractivity contribution in [1.29, 1.82) is 0 Å². The van der Waals surface area contributed by atoms with Gasteiger partial charge in [-0.05, 0) is 43.0 Å². The Hall–Kier alpha value is -2.84. The lowest BCUT2D eigenvalue weighted by Crippen LogP contribution is -2.30. The van der Waals surface area contributed by atoms with Crippen molar-refractivity contribution in [1.82, 2.24) is 0 Å². The van der Waals surface area contributed by atoms with Gasteiger partial charge in [0.25, 0.3) is 0 Å². The van der Waals surface area contributed by atoms with Crippen LogP contribution in [0.3, 0.4) is 0 Å². The molecule has 1 aliphatic rings. The lowest BCUT2D eigenvalue weighted by molar-refractivity contribution is -0.577. The summed E-state index contributed by atoms with van der Waals surface area (Å²) in [5.41, 5.74) is 2.05. The monoisotopic (exact) mass is 446 g/mol. The van der Waals surface area contributed by atoms with Gasteiger partial charge in [0, 0.05) is 16.7 Å². The Kier molecular flexibility index (Phi) is 5.29. The van der Waals surface area contributed by atoms with Crippen LogP contribution in [-0.4, -0.2) is 31.0 Å². The number of halogens is 1. The van der Waals surface area contributed by atoms with Gasteiger partial charge in [0.15, 0.2) is 6.20 Å². The average molecular weight is 447 g/mol. The van der Waals surface area contributed by atoms with Gasteiger partial charge >= 0.3 is 5.97 Å². The number of carbonyl (C=O) groups is 1. The van der Waals surface area contributed by atoms with Crippen LogP contribution in [0.2, 0.25) is 5.02 Å². The molecule has 7 nitrogen and oxygen atoms in total. The lowest BCUT2D eigenvalue weighted by Gasteiger charge is -2.25. The number of carboxylic acids is 1. The van der Waals surface area contributed by atoms with Crippen LogP contribution in [-0.2, 0) is 9.84 Å². The molecular formula is C21H19ClN2O5S. The minimum atomic E-state index is -3.08. The third-order valence-electron chi connectivity index (χ3n) is 5.42. The van der Waals surface area contributed by atoms with Crippen LogP contribution in [0.15, 0.2) is 48.7 Å². The zero-order chi connectivity index (χ0) is 21.5. The fraction of sp³-hybridized carbons (Fsp3) is 0.238. The number of aromatic carboxylic acids is 1. The van der Waals surface area contributed by atoms with E-state index in [1.165, 1.54) is 12.3 Å². The molecule has 2 aromatic carbocycles. The fourth-order valence-corrected chi connectivity index (χ4v) is 5.54. The maximum absolute atomic E-state index is 12.7. The molecule has 0 radical (unpaired) electrons. The van der Waals surface area contributed by atoms with Gasteiger partial charge in [-0.25, -0.2) is 13.2 Å². The number of pyridine rings is 1. The standard InChI is InChI=1S/C21H19ClN2O5S/c22-14-5-6-19-16(11-14)20(23-18-4-2-1-3-15(18)21(25)26)17(12-24(19)27)13-7-9-30(28,29)10-8-13/h1-6,11-13,23H,7-10H2,(H,25,26). The first-order chi connectivity index (χ1) is 14.2. The summed E-state index contributed by atoms with van der Waals surface area (Å²) >= 11 is 6.19. The van der Waals surface area contributed by atoms with E-state index in [0.29, 0.717) is 45.7 Å². The normalized spacial score (nSPS) is 16.4. The maximum Gasteiger partial charge on any atom is 0.337 e. The summed E-state index contributed by atoms with van der Waals surface area (Å²) in [5, 5.41) is 26.4. The second-order valence-electron chi connectivity index (χ2n) is 7.35. The molecule has 1 aromatic heterocycles. The zero-order valence-electron chi connectivity index (χ0n) is 15.8. The summed E-state index contributed by atoms with van der Waals surface area (Å²) in [4.78, 5) is 11.7. The van der Waals surface area contributed by atoms with E-state index in [2.05, 4.69) is 5.32 Å². The highest BCUT2D eigenvalue weighted by Gasteiger charge is 2.30. The number of benzene rings is 2. The predicted molar refractivity (Wildman–Crippen MR) is 115 cm³/mol. The van der Waals surface area contributed by atoms with Crippen molar-refractivity contribution < 1.29 is 23.0 Å². The summed E-state index contributed by atoms with van der Waals surface area (Å²) < 4.78 is 24.5. The van der Waals surface area contributed by atoms with Gasteiger partial charge in [0.05, 0.1) is 33.8 Å². The van der Waals surface area contributed by atoms with Crippen molar-refractivity contribution in [2.45, 2.75) is 18.8 Å². The number of para-hydroxylation sites is 1. The Bertz CT molecular complexity index is 1250. The highest BCUT2D eigenvalue weighted by molar-refractivity contribution is 7.91. The Morgan fingerprint density at radius 3 is 2.57 bits per heavy atom. The van der Waals surface area contributed by atoms with Crippen LogP contribution >= 0.6 is 11.6 Å². The van der Waals surface area contributed by atoms with Crippen molar-refractivity contribution >= 4 is 49.7 Å². The number of nitrogens with one attached hydrogen (secondary N) is 1. The number of hydrogen-bond acceptors (Lipinski definition) is 5. The molecule has 0 aliphatic carbocycles. The van der Waals surface area contributed by atoms with E-state index in [1.807, 2.05) is 0 Å². The highest BCUT2D eigenvalue weighted by atomic mass is 35.5. The van der Waals surface area contributed by atoms with Gasteiger partial charge in [-0.2, -0.15) is 4.73 Å². The lowest BCUT2D eigenvalue weighted by atomic mass is 9.91. The second-order valence-corrected chi connectivity index (χ2v) is 10.1. The zero-order valence-corrected chi connectivity index (χ0v) is 17.4. The van der Waals surface area contributed by atoms with Crippen LogP contribution in [0.5, 0.6) is 0 Å². The smallest absolute Gasteiger partial charge is 0.337 e. The molecule has 2 N–H and O–H groups in total. The van der Waals surface area contributed by atoms with Gasteiger partial charge in [-0.3, -0.25) is 0 Å². The van der Waals surface area contributed by atoms with Crippen molar-refractivity contribution in [2.75, 3.05) is 16.8 Å². The first kappa shape index (κ1) is 20.4. The summed E-state index contributed by atoms with van der Waals surface area (Å²) in [7, 11) is -3.08. The van der Waals surface area contributed by atoms with Crippen molar-refractivity contribution in [3.63, 3.8) is 0 Å². The number of fused-ring (bicyclic) bond motifs is 1. The van der Waals surface area contributed by atoms with Crippen molar-refractivity contribution in [3.05, 3.63) is 70.0 Å². The van der Waals surface area contributed by atoms with Crippen LogP contribution in [0.25, 0.3) is 10.9 Å². The van der Waals surface area contributed by atoms with Crippen LogP contribution in [0.1, 0.15) is 34.7 Å². The van der Waals surface area contributed by atoms with Gasteiger partial charge in [0.2, 0.25) is 5.52 Å². The number of hydrogen-bond donors (Lipinski definition) is 2. The van der Waals surface area contributed by atoms with Crippen molar-refractivity contribution in [2.24, 2.45) is 0 Å². The molecule has 156 valence electrons. The number of rotatable bonds is 4. The van der Waals surface area contributed by atoms with Gasteiger partial charge in [-0.1, -0.05) is 23.7 Å². The van der Waals surface area contributed by atoms with E-state index in [4.69, 9.17) is 11.6 Å². The van der Waals surface area contributed by atoms with E-state index in [0.717, 1.165) is 4.73 Å². The molecule has 0 atom stereocenters. The molecule has 0 bridgehead atoms. The Balaban J connectivity index is 1.91. The Morgan fingerprint density at radius 1 is 1.17 bits per heavy atom. The summed E-state index contributed by atoms with van der Waals surface area (Å²) in [6.45, 7) is 0. The molecule has 30 heavy (non-hydrogen) atoms. The van der Waals surface area contributed by atoms with E-state index in [9.17, 15) is 23.5 Å². The average Bonchev–Trinajstić information content (AvgIpc) is 2.70. The van der Waals surface area contributed by atoms with E-state index in [1.54, 1.807) is 36.4 Å². The molecule has 0 spiro atoms. The third-order valence-corrected chi connectivity index (χ3v) is 7.37. The number of sulfone groups is 1. The molecule has 0 unspecified atom stereocenters. The van der Waals surface area contributed by atoms with Gasteiger partial charge in [-0.15, -0.1) is 0 Å². The van der Waals surface area contributed by atoms with E-state index in [-0.39, 0.29) is 23.0 Å². The summed E-state index contributed by atoms with van der Waals surface area (Å²) in [6.07, 6.45) is 2.23. The molecular weight excluding hydrogens is 428 g/mol. The number of anilines is 2. The molecule has 1 aliphatic heterocycles.